The maximum absolute atomic E-state index is 13.2. The van der Waals surface area contributed by atoms with Gasteiger partial charge in [0.1, 0.15) is 11.5 Å². The maximum Gasteiger partial charge on any atom is 0.272 e. The number of hydrogen-bond donors (Lipinski definition) is 0. The third-order valence-corrected chi connectivity index (χ3v) is 6.43. The first-order valence-electron chi connectivity index (χ1n) is 10.5. The number of rotatable bonds is 5. The van der Waals surface area contributed by atoms with Crippen molar-refractivity contribution < 1.29 is 14.3 Å². The van der Waals surface area contributed by atoms with E-state index in [0.717, 1.165) is 71.1 Å². The van der Waals surface area contributed by atoms with Crippen LogP contribution in [-0.4, -0.2) is 105 Å². The Kier molecular flexibility index (Phi) is 5.74. The third-order valence-electron chi connectivity index (χ3n) is 6.43. The average Bonchev–Trinajstić information content (AvgIpc) is 3.31. The number of pyridine rings is 1. The van der Waals surface area contributed by atoms with Crippen LogP contribution in [-0.2, 0) is 9.53 Å². The molecular weight excluding hydrogens is 370 g/mol. The fourth-order valence-corrected chi connectivity index (χ4v) is 4.59. The first-order valence-corrected chi connectivity index (χ1v) is 10.5. The quantitative estimate of drug-likeness (QED) is 0.718. The molecule has 158 valence electrons. The fraction of sp³-hybridized carbons (Fsp3) is 0.667. The minimum absolute atomic E-state index is 0.105. The lowest BCUT2D eigenvalue weighted by molar-refractivity contribution is -0.135. The molecule has 0 saturated carbocycles. The molecule has 0 N–H and O–H groups in total. The number of carbonyl (C=O) groups is 2. The molecule has 29 heavy (non-hydrogen) atoms. The largest absolute Gasteiger partial charge is 0.379 e. The molecule has 4 heterocycles. The Hall–Kier alpha value is -2.19. The van der Waals surface area contributed by atoms with Gasteiger partial charge in [-0.25, -0.2) is 4.98 Å². The maximum atomic E-state index is 13.2. The van der Waals surface area contributed by atoms with Gasteiger partial charge in [-0.1, -0.05) is 6.07 Å². The Bertz CT molecular complexity index is 764. The molecule has 1 atom stereocenters. The molecule has 1 unspecified atom stereocenters. The number of carbonyl (C=O) groups excluding carboxylic acids is 2. The normalized spacial score (nSPS) is 25.2. The van der Waals surface area contributed by atoms with Crippen molar-refractivity contribution in [2.75, 3.05) is 78.0 Å². The highest BCUT2D eigenvalue weighted by Crippen LogP contribution is 2.41. The van der Waals surface area contributed by atoms with Gasteiger partial charge in [0.2, 0.25) is 5.91 Å². The van der Waals surface area contributed by atoms with Crippen LogP contribution >= 0.6 is 0 Å². The molecule has 1 aromatic heterocycles. The van der Waals surface area contributed by atoms with Gasteiger partial charge in [-0.3, -0.25) is 14.5 Å². The van der Waals surface area contributed by atoms with Gasteiger partial charge in [0, 0.05) is 59.9 Å². The second kappa shape index (κ2) is 8.28. The summed E-state index contributed by atoms with van der Waals surface area (Å²) in [5.74, 6) is 0.968. The summed E-state index contributed by atoms with van der Waals surface area (Å²) in [4.78, 5) is 38.1. The highest BCUT2D eigenvalue weighted by molar-refractivity contribution is 5.92. The van der Waals surface area contributed by atoms with Gasteiger partial charge < -0.3 is 19.4 Å². The van der Waals surface area contributed by atoms with Crippen molar-refractivity contribution in [3.63, 3.8) is 0 Å². The molecule has 3 aliphatic heterocycles. The lowest BCUT2D eigenvalue weighted by Crippen LogP contribution is -2.43. The van der Waals surface area contributed by atoms with Crippen LogP contribution in [0.3, 0.4) is 0 Å². The Morgan fingerprint density at radius 1 is 1.14 bits per heavy atom. The van der Waals surface area contributed by atoms with Crippen molar-refractivity contribution in [1.82, 2.24) is 19.7 Å². The van der Waals surface area contributed by atoms with Gasteiger partial charge in [0.25, 0.3) is 5.91 Å². The van der Waals surface area contributed by atoms with Crippen molar-refractivity contribution in [1.29, 1.82) is 0 Å². The third kappa shape index (κ3) is 4.09. The van der Waals surface area contributed by atoms with Crippen molar-refractivity contribution in [2.24, 2.45) is 5.41 Å². The molecular formula is C21H31N5O3. The summed E-state index contributed by atoms with van der Waals surface area (Å²) in [7, 11) is 3.45. The predicted octanol–water partition coefficient (Wildman–Crippen LogP) is 0.544. The zero-order valence-electron chi connectivity index (χ0n) is 17.5. The number of amides is 2. The first kappa shape index (κ1) is 20.1. The smallest absolute Gasteiger partial charge is 0.272 e. The molecule has 4 rings (SSSR count). The SMILES string of the molecule is CN(C)C(=O)c1cccc(N2CCC3(CCN(CCN4CCOCC4)C3=O)C2)n1. The number of aromatic nitrogens is 1. The molecule has 3 saturated heterocycles. The van der Waals surface area contributed by atoms with Crippen LogP contribution in [0.15, 0.2) is 18.2 Å². The summed E-state index contributed by atoms with van der Waals surface area (Å²) in [6.45, 7) is 7.52. The summed E-state index contributed by atoms with van der Waals surface area (Å²) >= 11 is 0. The summed E-state index contributed by atoms with van der Waals surface area (Å²) in [6, 6.07) is 5.54. The van der Waals surface area contributed by atoms with Gasteiger partial charge >= 0.3 is 0 Å². The fourth-order valence-electron chi connectivity index (χ4n) is 4.59. The Morgan fingerprint density at radius 2 is 1.90 bits per heavy atom. The number of hydrogen-bond acceptors (Lipinski definition) is 6. The number of likely N-dealkylation sites (tertiary alicyclic amines) is 1. The minimum Gasteiger partial charge on any atom is -0.379 e. The first-order chi connectivity index (χ1) is 14.0. The van der Waals surface area contributed by atoms with E-state index < -0.39 is 0 Å². The van der Waals surface area contributed by atoms with Gasteiger partial charge in [-0.05, 0) is 25.0 Å². The van der Waals surface area contributed by atoms with E-state index in [1.165, 1.54) is 4.90 Å². The van der Waals surface area contributed by atoms with E-state index in [4.69, 9.17) is 4.74 Å². The number of morpholine rings is 1. The second-order valence-corrected chi connectivity index (χ2v) is 8.53. The Balaban J connectivity index is 1.38. The lowest BCUT2D eigenvalue weighted by atomic mass is 9.85. The van der Waals surface area contributed by atoms with E-state index in [0.29, 0.717) is 12.2 Å². The predicted molar refractivity (Wildman–Crippen MR) is 110 cm³/mol. The van der Waals surface area contributed by atoms with Crippen LogP contribution < -0.4 is 4.90 Å². The van der Waals surface area contributed by atoms with E-state index in [-0.39, 0.29) is 17.2 Å². The van der Waals surface area contributed by atoms with Gasteiger partial charge in [0.15, 0.2) is 0 Å². The van der Waals surface area contributed by atoms with E-state index in [2.05, 4.69) is 14.8 Å². The van der Waals surface area contributed by atoms with Gasteiger partial charge in [-0.2, -0.15) is 0 Å². The van der Waals surface area contributed by atoms with Crippen LogP contribution in [0.4, 0.5) is 5.82 Å². The standard InChI is InChI=1S/C21H31N5O3/c1-23(2)19(27)17-4-3-5-18(22-17)26-9-7-21(16-26)6-8-25(20(21)28)11-10-24-12-14-29-15-13-24/h3-5H,6-16H2,1-2H3. The summed E-state index contributed by atoms with van der Waals surface area (Å²) in [5, 5.41) is 0. The average molecular weight is 402 g/mol. The van der Waals surface area contributed by atoms with E-state index in [9.17, 15) is 9.59 Å². The molecule has 0 aromatic carbocycles. The molecule has 3 fully saturated rings. The minimum atomic E-state index is -0.297. The van der Waals surface area contributed by atoms with Crippen LogP contribution in [0.1, 0.15) is 23.3 Å². The Morgan fingerprint density at radius 3 is 2.66 bits per heavy atom. The molecule has 3 aliphatic rings. The number of nitrogens with zero attached hydrogens (tertiary/aromatic N) is 5. The molecule has 0 aliphatic carbocycles. The highest BCUT2D eigenvalue weighted by Gasteiger charge is 2.50. The van der Waals surface area contributed by atoms with Crippen LogP contribution in [0, 0.1) is 5.41 Å². The van der Waals surface area contributed by atoms with E-state index >= 15 is 0 Å². The van der Waals surface area contributed by atoms with Crippen molar-refractivity contribution in [2.45, 2.75) is 12.8 Å². The van der Waals surface area contributed by atoms with E-state index in [1.807, 2.05) is 17.0 Å². The summed E-state index contributed by atoms with van der Waals surface area (Å²) in [5.41, 5.74) is 0.146. The van der Waals surface area contributed by atoms with E-state index in [1.54, 1.807) is 20.2 Å². The molecule has 0 bridgehead atoms. The van der Waals surface area contributed by atoms with Crippen molar-refractivity contribution >= 4 is 17.6 Å². The van der Waals surface area contributed by atoms with Crippen molar-refractivity contribution in [3.05, 3.63) is 23.9 Å². The number of anilines is 1. The van der Waals surface area contributed by atoms with Crippen LogP contribution in [0.2, 0.25) is 0 Å². The van der Waals surface area contributed by atoms with Gasteiger partial charge in [-0.15, -0.1) is 0 Å². The topological polar surface area (TPSA) is 69.2 Å². The zero-order valence-corrected chi connectivity index (χ0v) is 17.5. The number of ether oxygens (including phenoxy) is 1. The van der Waals surface area contributed by atoms with Crippen LogP contribution in [0.5, 0.6) is 0 Å². The van der Waals surface area contributed by atoms with Crippen LogP contribution in [0.25, 0.3) is 0 Å². The second-order valence-electron chi connectivity index (χ2n) is 8.53. The molecule has 1 spiro atoms. The van der Waals surface area contributed by atoms with Gasteiger partial charge in [0.05, 0.1) is 18.6 Å². The molecule has 2 amide bonds. The molecule has 1 aromatic rings. The Labute approximate surface area is 172 Å². The summed E-state index contributed by atoms with van der Waals surface area (Å²) in [6.07, 6.45) is 1.76. The van der Waals surface area contributed by atoms with Crippen molar-refractivity contribution in [3.8, 4) is 0 Å². The highest BCUT2D eigenvalue weighted by atomic mass is 16.5. The molecule has 8 heteroatoms. The zero-order chi connectivity index (χ0) is 20.4. The molecule has 8 nitrogen and oxygen atoms in total. The monoisotopic (exact) mass is 401 g/mol. The molecule has 0 radical (unpaired) electrons. The summed E-state index contributed by atoms with van der Waals surface area (Å²) < 4.78 is 5.40. The lowest BCUT2D eigenvalue weighted by Gasteiger charge is -2.29.